The van der Waals surface area contributed by atoms with Gasteiger partial charge in [0.15, 0.2) is 0 Å². The molecular weight excluding hydrogens is 759 g/mol. The minimum Gasteiger partial charge on any atom is -0.394 e. The fourth-order valence-electron chi connectivity index (χ4n) is 9.10. The van der Waals surface area contributed by atoms with Gasteiger partial charge < -0.3 is 15.5 Å². The standard InChI is InChI=1S/C58H113NO3/c1-3-5-7-9-11-13-15-17-19-21-23-24-25-26-27-28-29-30-31-32-33-34-36-37-39-41-43-45-47-49-51-53-57(61)56(55-60)59-58(62)54-52-50-48-46-44-42-40-38-35-22-20-18-16-14-12-10-8-6-4-2/h12,14,18,20,56-57,60-61H,3-11,13,15-17,19,21-55H2,1-2H3,(H,59,62)/b14-12-,20-18-. The third-order valence-corrected chi connectivity index (χ3v) is 13.5. The highest BCUT2D eigenvalue weighted by molar-refractivity contribution is 5.76. The van der Waals surface area contributed by atoms with Crippen LogP contribution in [0.4, 0.5) is 0 Å². The minimum atomic E-state index is -0.661. The van der Waals surface area contributed by atoms with Gasteiger partial charge >= 0.3 is 0 Å². The molecule has 0 heterocycles. The van der Waals surface area contributed by atoms with Gasteiger partial charge in [-0.1, -0.05) is 295 Å². The van der Waals surface area contributed by atoms with Crippen molar-refractivity contribution in [3.8, 4) is 0 Å². The summed E-state index contributed by atoms with van der Waals surface area (Å²) in [5, 5.41) is 23.3. The first-order valence-electron chi connectivity index (χ1n) is 28.5. The number of aliphatic hydroxyl groups is 2. The van der Waals surface area contributed by atoms with Crippen LogP contribution in [0.1, 0.15) is 322 Å². The largest absolute Gasteiger partial charge is 0.394 e. The highest BCUT2D eigenvalue weighted by Crippen LogP contribution is 2.18. The van der Waals surface area contributed by atoms with Crippen LogP contribution in [0.5, 0.6) is 0 Å². The van der Waals surface area contributed by atoms with Crippen molar-refractivity contribution in [3.63, 3.8) is 0 Å². The maximum atomic E-state index is 12.5. The molecule has 0 spiro atoms. The predicted octanol–water partition coefficient (Wildman–Crippen LogP) is 18.7. The molecule has 0 aromatic rings. The number of carbonyl (C=O) groups excluding carboxylic acids is 1. The van der Waals surface area contributed by atoms with Gasteiger partial charge in [0, 0.05) is 6.42 Å². The summed E-state index contributed by atoms with van der Waals surface area (Å²) in [6, 6.07) is -0.538. The number of amides is 1. The lowest BCUT2D eigenvalue weighted by atomic mass is 10.0. The van der Waals surface area contributed by atoms with Crippen LogP contribution >= 0.6 is 0 Å². The minimum absolute atomic E-state index is 0.0314. The van der Waals surface area contributed by atoms with Gasteiger partial charge in [-0.25, -0.2) is 0 Å². The van der Waals surface area contributed by atoms with E-state index < -0.39 is 12.1 Å². The molecule has 368 valence electrons. The summed E-state index contributed by atoms with van der Waals surface area (Å²) in [7, 11) is 0. The summed E-state index contributed by atoms with van der Waals surface area (Å²) in [5.74, 6) is -0.0314. The Morgan fingerprint density at radius 1 is 0.387 bits per heavy atom. The number of nitrogens with one attached hydrogen (secondary N) is 1. The number of carbonyl (C=O) groups is 1. The summed E-state index contributed by atoms with van der Waals surface area (Å²) in [6.07, 6.45) is 71.7. The molecule has 2 unspecified atom stereocenters. The smallest absolute Gasteiger partial charge is 0.220 e. The molecule has 0 rings (SSSR count). The Morgan fingerprint density at radius 3 is 1.00 bits per heavy atom. The second-order valence-electron chi connectivity index (χ2n) is 19.7. The van der Waals surface area contributed by atoms with Gasteiger partial charge in [-0.2, -0.15) is 0 Å². The van der Waals surface area contributed by atoms with E-state index in [9.17, 15) is 15.0 Å². The molecule has 0 fully saturated rings. The SMILES string of the molecule is CCCCC/C=C\C/C=C\CCCCCCCCCCCC(=O)NC(CO)C(O)CCCCCCCCCCCCCCCCCCCCCCCCCCCCCCCCC. The number of hydrogen-bond acceptors (Lipinski definition) is 3. The fraction of sp³-hybridized carbons (Fsp3) is 0.914. The van der Waals surface area contributed by atoms with Crippen molar-refractivity contribution in [2.24, 2.45) is 0 Å². The molecule has 62 heavy (non-hydrogen) atoms. The Kier molecular flexibility index (Phi) is 53.2. The van der Waals surface area contributed by atoms with Crippen LogP contribution < -0.4 is 5.32 Å². The topological polar surface area (TPSA) is 69.6 Å². The molecule has 0 radical (unpaired) electrons. The summed E-state index contributed by atoms with van der Waals surface area (Å²) in [5.41, 5.74) is 0. The van der Waals surface area contributed by atoms with E-state index in [2.05, 4.69) is 43.5 Å². The lowest BCUT2D eigenvalue weighted by Gasteiger charge is -2.22. The van der Waals surface area contributed by atoms with Crippen LogP contribution in [0.3, 0.4) is 0 Å². The molecule has 0 aromatic carbocycles. The second kappa shape index (κ2) is 54.2. The average molecular weight is 873 g/mol. The first kappa shape index (κ1) is 60.9. The highest BCUT2D eigenvalue weighted by atomic mass is 16.3. The number of rotatable bonds is 53. The van der Waals surface area contributed by atoms with Gasteiger partial charge in [-0.3, -0.25) is 4.79 Å². The molecule has 0 aliphatic heterocycles. The molecule has 4 heteroatoms. The molecule has 3 N–H and O–H groups in total. The summed E-state index contributed by atoms with van der Waals surface area (Å²) in [4.78, 5) is 12.5. The number of hydrogen-bond donors (Lipinski definition) is 3. The lowest BCUT2D eigenvalue weighted by molar-refractivity contribution is -0.123. The van der Waals surface area contributed by atoms with E-state index in [1.54, 1.807) is 0 Å². The van der Waals surface area contributed by atoms with E-state index in [1.165, 1.54) is 263 Å². The molecule has 0 aromatic heterocycles. The zero-order chi connectivity index (χ0) is 44.9. The van der Waals surface area contributed by atoms with E-state index in [4.69, 9.17) is 0 Å². The van der Waals surface area contributed by atoms with E-state index in [1.807, 2.05) is 0 Å². The maximum absolute atomic E-state index is 12.5. The molecular formula is C58H113NO3. The van der Waals surface area contributed by atoms with Crippen molar-refractivity contribution in [2.45, 2.75) is 334 Å². The summed E-state index contributed by atoms with van der Waals surface area (Å²) in [6.45, 7) is 4.36. The van der Waals surface area contributed by atoms with Crippen molar-refractivity contribution in [2.75, 3.05) is 6.61 Å². The zero-order valence-electron chi connectivity index (χ0n) is 42.4. The van der Waals surface area contributed by atoms with Gasteiger partial charge in [0.2, 0.25) is 5.91 Å². The number of aliphatic hydroxyl groups excluding tert-OH is 2. The van der Waals surface area contributed by atoms with Crippen molar-refractivity contribution in [1.82, 2.24) is 5.32 Å². The maximum Gasteiger partial charge on any atom is 0.220 e. The molecule has 0 aliphatic carbocycles. The number of unbranched alkanes of at least 4 members (excludes halogenated alkanes) is 42. The van der Waals surface area contributed by atoms with Gasteiger partial charge in [0.1, 0.15) is 0 Å². The van der Waals surface area contributed by atoms with Crippen molar-refractivity contribution in [1.29, 1.82) is 0 Å². The normalized spacial score (nSPS) is 12.9. The molecule has 0 saturated carbocycles. The molecule has 0 saturated heterocycles. The van der Waals surface area contributed by atoms with Crippen LogP contribution in [0.15, 0.2) is 24.3 Å². The molecule has 1 amide bonds. The highest BCUT2D eigenvalue weighted by Gasteiger charge is 2.20. The Balaban J connectivity index is 3.41. The van der Waals surface area contributed by atoms with Gasteiger partial charge in [-0.05, 0) is 44.9 Å². The van der Waals surface area contributed by atoms with E-state index in [0.29, 0.717) is 12.8 Å². The Morgan fingerprint density at radius 2 is 0.661 bits per heavy atom. The Hall–Kier alpha value is -1.13. The van der Waals surface area contributed by atoms with Crippen molar-refractivity contribution >= 4 is 5.91 Å². The fourth-order valence-corrected chi connectivity index (χ4v) is 9.10. The molecule has 0 bridgehead atoms. The molecule has 2 atom stereocenters. The average Bonchev–Trinajstić information content (AvgIpc) is 3.28. The van der Waals surface area contributed by atoms with Crippen LogP contribution in [0.25, 0.3) is 0 Å². The van der Waals surface area contributed by atoms with Crippen LogP contribution in [-0.2, 0) is 4.79 Å². The third-order valence-electron chi connectivity index (χ3n) is 13.5. The predicted molar refractivity (Wildman–Crippen MR) is 276 cm³/mol. The van der Waals surface area contributed by atoms with Crippen molar-refractivity contribution < 1.29 is 15.0 Å². The quantitative estimate of drug-likeness (QED) is 0.0421. The van der Waals surface area contributed by atoms with E-state index in [0.717, 1.165) is 32.1 Å². The Labute approximate surface area is 389 Å². The van der Waals surface area contributed by atoms with E-state index in [-0.39, 0.29) is 12.5 Å². The number of allylic oxidation sites excluding steroid dienone is 4. The summed E-state index contributed by atoms with van der Waals surface area (Å²) < 4.78 is 0. The third kappa shape index (κ3) is 49.9. The molecule has 0 aliphatic rings. The summed E-state index contributed by atoms with van der Waals surface area (Å²) >= 11 is 0. The van der Waals surface area contributed by atoms with Gasteiger partial charge in [-0.15, -0.1) is 0 Å². The zero-order valence-corrected chi connectivity index (χ0v) is 42.4. The first-order valence-corrected chi connectivity index (χ1v) is 28.5. The van der Waals surface area contributed by atoms with E-state index >= 15 is 0 Å². The monoisotopic (exact) mass is 872 g/mol. The van der Waals surface area contributed by atoms with Gasteiger partial charge in [0.05, 0.1) is 18.8 Å². The van der Waals surface area contributed by atoms with Crippen LogP contribution in [0.2, 0.25) is 0 Å². The van der Waals surface area contributed by atoms with Crippen LogP contribution in [0, 0.1) is 0 Å². The Bertz CT molecular complexity index is 901. The van der Waals surface area contributed by atoms with Crippen LogP contribution in [-0.4, -0.2) is 34.9 Å². The second-order valence-corrected chi connectivity index (χ2v) is 19.7. The van der Waals surface area contributed by atoms with Gasteiger partial charge in [0.25, 0.3) is 0 Å². The lowest BCUT2D eigenvalue weighted by Crippen LogP contribution is -2.45. The van der Waals surface area contributed by atoms with Crippen molar-refractivity contribution in [3.05, 3.63) is 24.3 Å². The molecule has 4 nitrogen and oxygen atoms in total. The first-order chi connectivity index (χ1) is 30.7.